The Labute approximate surface area is 240 Å². The third-order valence-electron chi connectivity index (χ3n) is 5.77. The van der Waals surface area contributed by atoms with Crippen molar-refractivity contribution in [1.29, 1.82) is 0 Å². The average Bonchev–Trinajstić information content (AvgIpc) is 2.94. The highest BCUT2D eigenvalue weighted by molar-refractivity contribution is 7.89. The van der Waals surface area contributed by atoms with Gasteiger partial charge in [0.05, 0.1) is 10.5 Å². The summed E-state index contributed by atoms with van der Waals surface area (Å²) in [5, 5.41) is 3.20. The summed E-state index contributed by atoms with van der Waals surface area (Å²) >= 11 is 6.03. The van der Waals surface area contributed by atoms with Crippen LogP contribution in [0.5, 0.6) is 11.5 Å². The van der Waals surface area contributed by atoms with E-state index in [1.807, 2.05) is 18.2 Å². The Balaban J connectivity index is 1.46. The lowest BCUT2D eigenvalue weighted by atomic mass is 10.2. The Morgan fingerprint density at radius 2 is 1.54 bits per heavy atom. The van der Waals surface area contributed by atoms with Crippen molar-refractivity contribution in [2.75, 3.05) is 23.3 Å². The number of amides is 2. The molecule has 0 unspecified atom stereocenters. The maximum absolute atomic E-state index is 13.2. The summed E-state index contributed by atoms with van der Waals surface area (Å²) in [6, 6.07) is 25.5. The third kappa shape index (κ3) is 8.46. The quantitative estimate of drug-likeness (QED) is 0.183. The Morgan fingerprint density at radius 1 is 0.854 bits per heavy atom. The molecule has 4 rings (SSSR count). The molecule has 0 aliphatic heterocycles. The number of benzene rings is 4. The first-order valence-corrected chi connectivity index (χ1v) is 14.2. The van der Waals surface area contributed by atoms with Gasteiger partial charge in [0.1, 0.15) is 11.5 Å². The molecule has 0 spiro atoms. The van der Waals surface area contributed by atoms with Crippen molar-refractivity contribution in [1.82, 2.24) is 4.72 Å². The molecule has 2 N–H and O–H groups in total. The number of halogens is 4. The van der Waals surface area contributed by atoms with Crippen LogP contribution in [0, 0.1) is 0 Å². The van der Waals surface area contributed by atoms with E-state index in [4.69, 9.17) is 16.3 Å². The van der Waals surface area contributed by atoms with E-state index in [0.717, 1.165) is 18.2 Å². The second kappa shape index (κ2) is 13.1. The summed E-state index contributed by atoms with van der Waals surface area (Å²) < 4.78 is 72.4. The van der Waals surface area contributed by atoms with Crippen LogP contribution in [0.4, 0.5) is 29.3 Å². The second-order valence-corrected chi connectivity index (χ2v) is 11.0. The molecule has 214 valence electrons. The van der Waals surface area contributed by atoms with Gasteiger partial charge in [-0.2, -0.15) is 13.2 Å². The molecule has 0 aromatic heterocycles. The zero-order valence-corrected chi connectivity index (χ0v) is 23.0. The predicted octanol–water partition coefficient (Wildman–Crippen LogP) is 7.56. The van der Waals surface area contributed by atoms with E-state index in [1.54, 1.807) is 60.7 Å². The monoisotopic (exact) mass is 603 g/mol. The second-order valence-electron chi connectivity index (χ2n) is 8.78. The minimum atomic E-state index is -4.68. The number of rotatable bonds is 10. The lowest BCUT2D eigenvalue weighted by Crippen LogP contribution is -2.37. The van der Waals surface area contributed by atoms with Gasteiger partial charge in [-0.15, -0.1) is 0 Å². The largest absolute Gasteiger partial charge is 0.457 e. The number of hydrogen-bond acceptors (Lipinski definition) is 4. The number of sulfonamides is 1. The molecule has 0 saturated heterocycles. The molecule has 4 aromatic carbocycles. The fraction of sp³-hybridized carbons (Fsp3) is 0.138. The highest BCUT2D eigenvalue weighted by Crippen LogP contribution is 2.30. The maximum atomic E-state index is 13.2. The number of carbonyl (C=O) groups excluding carboxylic acids is 1. The van der Waals surface area contributed by atoms with Gasteiger partial charge in [0.2, 0.25) is 10.0 Å². The van der Waals surface area contributed by atoms with E-state index in [0.29, 0.717) is 34.0 Å². The molecule has 0 atom stereocenters. The third-order valence-corrected chi connectivity index (χ3v) is 7.46. The van der Waals surface area contributed by atoms with E-state index in [-0.39, 0.29) is 19.5 Å². The van der Waals surface area contributed by atoms with Crippen molar-refractivity contribution in [3.8, 4) is 11.5 Å². The molecule has 12 heteroatoms. The van der Waals surface area contributed by atoms with Crippen LogP contribution in [0.1, 0.15) is 12.0 Å². The molecule has 7 nitrogen and oxygen atoms in total. The molecule has 0 saturated carbocycles. The van der Waals surface area contributed by atoms with Crippen molar-refractivity contribution < 1.29 is 31.1 Å². The van der Waals surface area contributed by atoms with E-state index in [1.165, 1.54) is 4.90 Å². The van der Waals surface area contributed by atoms with Gasteiger partial charge in [-0.3, -0.25) is 4.90 Å². The Hall–Kier alpha value is -4.06. The van der Waals surface area contributed by atoms with Crippen LogP contribution < -0.4 is 19.7 Å². The zero-order valence-electron chi connectivity index (χ0n) is 21.4. The fourth-order valence-electron chi connectivity index (χ4n) is 3.79. The fourth-order valence-corrected chi connectivity index (χ4v) is 5.10. The standard InChI is InChI=1S/C29H25ClF3N3O4S/c30-22-8-5-9-23(20-22)35-28(37)36(24-13-15-26(16-14-24)40-25-10-2-1-3-11-25)18-6-17-34-41(38,39)27-12-4-7-21(19-27)29(31,32)33/h1-5,7-16,19-20,34H,6,17-18H2,(H,35,37). The first kappa shape index (κ1) is 29.9. The highest BCUT2D eigenvalue weighted by Gasteiger charge is 2.31. The van der Waals surface area contributed by atoms with Crippen LogP contribution >= 0.6 is 11.6 Å². The molecule has 4 aromatic rings. The number of nitrogens with zero attached hydrogens (tertiary/aromatic N) is 1. The first-order valence-electron chi connectivity index (χ1n) is 12.4. The highest BCUT2D eigenvalue weighted by atomic mass is 35.5. The maximum Gasteiger partial charge on any atom is 0.416 e. The molecule has 0 bridgehead atoms. The van der Waals surface area contributed by atoms with Gasteiger partial charge in [0, 0.05) is 29.5 Å². The topological polar surface area (TPSA) is 87.7 Å². The van der Waals surface area contributed by atoms with Crippen molar-refractivity contribution in [2.24, 2.45) is 0 Å². The van der Waals surface area contributed by atoms with Crippen LogP contribution in [0.2, 0.25) is 5.02 Å². The van der Waals surface area contributed by atoms with Gasteiger partial charge in [-0.1, -0.05) is 41.9 Å². The van der Waals surface area contributed by atoms with Crippen LogP contribution in [-0.4, -0.2) is 27.5 Å². The van der Waals surface area contributed by atoms with E-state index in [2.05, 4.69) is 10.0 Å². The molecule has 41 heavy (non-hydrogen) atoms. The number of hydrogen-bond donors (Lipinski definition) is 2. The molecular weight excluding hydrogens is 579 g/mol. The summed E-state index contributed by atoms with van der Waals surface area (Å²) in [4.78, 5) is 14.1. The SMILES string of the molecule is O=C(Nc1cccc(Cl)c1)N(CCCNS(=O)(=O)c1cccc(C(F)(F)F)c1)c1ccc(Oc2ccccc2)cc1. The van der Waals surface area contributed by atoms with Crippen LogP contribution in [0.3, 0.4) is 0 Å². The molecule has 0 aliphatic carbocycles. The molecule has 0 aliphatic rings. The van der Waals surface area contributed by atoms with Crippen molar-refractivity contribution in [3.05, 3.63) is 114 Å². The van der Waals surface area contributed by atoms with Gasteiger partial charge in [0.15, 0.2) is 0 Å². The van der Waals surface area contributed by atoms with Gasteiger partial charge < -0.3 is 10.1 Å². The van der Waals surface area contributed by atoms with Gasteiger partial charge in [-0.25, -0.2) is 17.9 Å². The minimum Gasteiger partial charge on any atom is -0.457 e. The van der Waals surface area contributed by atoms with E-state index < -0.39 is 32.7 Å². The molecule has 0 radical (unpaired) electrons. The molecular formula is C29H25ClF3N3O4S. The number of ether oxygens (including phenoxy) is 1. The summed E-state index contributed by atoms with van der Waals surface area (Å²) in [7, 11) is -4.21. The summed E-state index contributed by atoms with van der Waals surface area (Å²) in [5.74, 6) is 1.19. The molecule has 0 heterocycles. The molecule has 0 fully saturated rings. The number of nitrogens with one attached hydrogen (secondary N) is 2. The average molecular weight is 604 g/mol. The van der Waals surface area contributed by atoms with Gasteiger partial charge in [0.25, 0.3) is 0 Å². The van der Waals surface area contributed by atoms with Crippen molar-refractivity contribution >= 4 is 39.0 Å². The predicted molar refractivity (Wildman–Crippen MR) is 152 cm³/mol. The van der Waals surface area contributed by atoms with Crippen molar-refractivity contribution in [3.63, 3.8) is 0 Å². The lowest BCUT2D eigenvalue weighted by Gasteiger charge is -2.24. The number of carbonyl (C=O) groups is 1. The number of para-hydroxylation sites is 1. The van der Waals surface area contributed by atoms with Gasteiger partial charge >= 0.3 is 12.2 Å². The summed E-state index contributed by atoms with van der Waals surface area (Å²) in [6.45, 7) is -0.0505. The van der Waals surface area contributed by atoms with E-state index in [9.17, 15) is 26.4 Å². The minimum absolute atomic E-state index is 0.0798. The zero-order chi connectivity index (χ0) is 29.5. The Kier molecular flexibility index (Phi) is 9.53. The molecule has 2 amide bonds. The first-order chi connectivity index (χ1) is 19.5. The summed E-state index contributed by atoms with van der Waals surface area (Å²) in [5.41, 5.74) is -0.101. The number of urea groups is 1. The lowest BCUT2D eigenvalue weighted by molar-refractivity contribution is -0.137. The van der Waals surface area contributed by atoms with Crippen LogP contribution in [-0.2, 0) is 16.2 Å². The van der Waals surface area contributed by atoms with E-state index >= 15 is 0 Å². The summed E-state index contributed by atoms with van der Waals surface area (Å²) in [6.07, 6.45) is -4.52. The Bertz CT molecular complexity index is 1590. The van der Waals surface area contributed by atoms with Crippen LogP contribution in [0.15, 0.2) is 108 Å². The van der Waals surface area contributed by atoms with Crippen LogP contribution in [0.25, 0.3) is 0 Å². The smallest absolute Gasteiger partial charge is 0.416 e. The normalized spacial score (nSPS) is 11.6. The van der Waals surface area contributed by atoms with Crippen molar-refractivity contribution in [2.45, 2.75) is 17.5 Å². The van der Waals surface area contributed by atoms with Gasteiger partial charge in [-0.05, 0) is 79.2 Å². The Morgan fingerprint density at radius 3 is 2.22 bits per heavy atom. The number of alkyl halides is 3. The number of anilines is 2.